The summed E-state index contributed by atoms with van der Waals surface area (Å²) in [5, 5.41) is 18.7. The third kappa shape index (κ3) is 4.41. The highest BCUT2D eigenvalue weighted by Crippen LogP contribution is 2.38. The van der Waals surface area contributed by atoms with Crippen LogP contribution in [0, 0.1) is 0 Å². The molecule has 1 unspecified atom stereocenters. The van der Waals surface area contributed by atoms with E-state index in [9.17, 15) is 9.90 Å². The van der Waals surface area contributed by atoms with Crippen molar-refractivity contribution in [3.05, 3.63) is 12.2 Å². The van der Waals surface area contributed by atoms with E-state index in [1.54, 1.807) is 0 Å². The fourth-order valence-electron chi connectivity index (χ4n) is 1.59. The molecule has 0 spiro atoms. The van der Waals surface area contributed by atoms with Crippen molar-refractivity contribution in [3.63, 3.8) is 0 Å². The van der Waals surface area contributed by atoms with Crippen LogP contribution in [0.15, 0.2) is 12.2 Å². The number of epoxide rings is 1. The van der Waals surface area contributed by atoms with Gasteiger partial charge in [-0.2, -0.15) is 0 Å². The molecule has 6 heteroatoms. The van der Waals surface area contributed by atoms with Crippen molar-refractivity contribution in [1.82, 2.24) is 0 Å². The fraction of sp³-hybridized carbons (Fsp3) is 0.786. The average molecular weight is 302 g/mol. The molecule has 1 saturated heterocycles. The maximum absolute atomic E-state index is 10.7. The molecule has 1 aliphatic heterocycles. The molecule has 0 aromatic rings. The SMILES string of the molecule is C=C(CC(O)[C@@H]1O[C@@H]1CO[Si](C)(C)C(C)(C)C)C(=O)O. The Morgan fingerprint density at radius 3 is 2.45 bits per heavy atom. The van der Waals surface area contributed by atoms with Gasteiger partial charge in [-0.15, -0.1) is 0 Å². The van der Waals surface area contributed by atoms with E-state index in [-0.39, 0.29) is 29.2 Å². The van der Waals surface area contributed by atoms with Gasteiger partial charge in [-0.3, -0.25) is 0 Å². The van der Waals surface area contributed by atoms with Gasteiger partial charge >= 0.3 is 5.97 Å². The van der Waals surface area contributed by atoms with E-state index >= 15 is 0 Å². The molecule has 0 aliphatic carbocycles. The number of carboxylic acids is 1. The molecule has 3 atom stereocenters. The van der Waals surface area contributed by atoms with Gasteiger partial charge in [0.15, 0.2) is 8.32 Å². The highest BCUT2D eigenvalue weighted by atomic mass is 28.4. The molecule has 0 amide bonds. The molecule has 1 aliphatic rings. The standard InChI is InChI=1S/C14H26O5Si/c1-9(13(16)17)7-10(15)12-11(19-12)8-18-20(5,6)14(2,3)4/h10-12,15H,1,7-8H2,2-6H3,(H,16,17)/t10?,11-,12+/m1/s1. The molecule has 0 saturated carbocycles. The summed E-state index contributed by atoms with van der Waals surface area (Å²) in [7, 11) is -1.82. The summed E-state index contributed by atoms with van der Waals surface area (Å²) in [5.41, 5.74) is -0.00272. The van der Waals surface area contributed by atoms with E-state index in [1.807, 2.05) is 0 Å². The number of carboxylic acid groups (broad SMARTS) is 1. The van der Waals surface area contributed by atoms with Crippen molar-refractivity contribution >= 4 is 14.3 Å². The molecule has 5 nitrogen and oxygen atoms in total. The van der Waals surface area contributed by atoms with E-state index in [1.165, 1.54) is 0 Å². The zero-order chi connectivity index (χ0) is 15.7. The normalized spacial score (nSPS) is 24.3. The minimum absolute atomic E-state index is 0.00272. The minimum atomic E-state index is -1.82. The van der Waals surface area contributed by atoms with Crippen LogP contribution in [0.3, 0.4) is 0 Å². The van der Waals surface area contributed by atoms with E-state index in [0.717, 1.165) is 0 Å². The van der Waals surface area contributed by atoms with Crippen LogP contribution in [0.25, 0.3) is 0 Å². The second-order valence-electron chi connectivity index (χ2n) is 6.89. The maximum Gasteiger partial charge on any atom is 0.331 e. The average Bonchev–Trinajstić information content (AvgIpc) is 3.04. The molecular weight excluding hydrogens is 276 g/mol. The predicted octanol–water partition coefficient (Wildman–Crippen LogP) is 2.17. The number of aliphatic carboxylic acids is 1. The number of aliphatic hydroxyl groups excluding tert-OH is 1. The van der Waals surface area contributed by atoms with Crippen molar-refractivity contribution in [2.24, 2.45) is 0 Å². The first-order chi connectivity index (χ1) is 8.95. The second kappa shape index (κ2) is 5.97. The summed E-state index contributed by atoms with van der Waals surface area (Å²) in [6.45, 7) is 14.7. The number of ether oxygens (including phenoxy) is 1. The van der Waals surface area contributed by atoms with Crippen LogP contribution < -0.4 is 0 Å². The van der Waals surface area contributed by atoms with Gasteiger partial charge in [0.25, 0.3) is 0 Å². The molecule has 1 rings (SSSR count). The molecule has 1 heterocycles. The van der Waals surface area contributed by atoms with Crippen LogP contribution in [-0.2, 0) is 14.0 Å². The van der Waals surface area contributed by atoms with Gasteiger partial charge in [0.2, 0.25) is 0 Å². The lowest BCUT2D eigenvalue weighted by Gasteiger charge is -2.36. The Hall–Kier alpha value is -0.693. The maximum atomic E-state index is 10.7. The molecular formula is C14H26O5Si. The van der Waals surface area contributed by atoms with Crippen molar-refractivity contribution < 1.29 is 24.2 Å². The summed E-state index contributed by atoms with van der Waals surface area (Å²) >= 11 is 0. The van der Waals surface area contributed by atoms with Gasteiger partial charge in [0, 0.05) is 12.0 Å². The molecule has 0 aromatic carbocycles. The number of carbonyl (C=O) groups is 1. The fourth-order valence-corrected chi connectivity index (χ4v) is 2.61. The Kier molecular flexibility index (Phi) is 5.18. The quantitative estimate of drug-likeness (QED) is 0.428. The Balaban J connectivity index is 2.37. The lowest BCUT2D eigenvalue weighted by atomic mass is 10.1. The van der Waals surface area contributed by atoms with Gasteiger partial charge < -0.3 is 19.4 Å². The van der Waals surface area contributed by atoms with E-state index in [2.05, 4.69) is 40.4 Å². The molecule has 0 aromatic heterocycles. The number of hydrogen-bond donors (Lipinski definition) is 2. The summed E-state index contributed by atoms with van der Waals surface area (Å²) in [6, 6.07) is 0. The molecule has 2 N–H and O–H groups in total. The molecule has 0 radical (unpaired) electrons. The summed E-state index contributed by atoms with van der Waals surface area (Å²) in [6.07, 6.45) is -1.28. The van der Waals surface area contributed by atoms with Gasteiger partial charge in [-0.1, -0.05) is 27.4 Å². The number of hydrogen-bond acceptors (Lipinski definition) is 4. The van der Waals surface area contributed by atoms with E-state index < -0.39 is 20.4 Å². The summed E-state index contributed by atoms with van der Waals surface area (Å²) in [5.74, 6) is -1.08. The van der Waals surface area contributed by atoms with E-state index in [0.29, 0.717) is 6.61 Å². The zero-order valence-corrected chi connectivity index (χ0v) is 14.0. The Morgan fingerprint density at radius 1 is 1.45 bits per heavy atom. The van der Waals surface area contributed by atoms with Gasteiger partial charge in [0.05, 0.1) is 12.7 Å². The first kappa shape index (κ1) is 17.4. The van der Waals surface area contributed by atoms with Crippen molar-refractivity contribution in [1.29, 1.82) is 0 Å². The molecule has 1 fully saturated rings. The van der Waals surface area contributed by atoms with E-state index in [4.69, 9.17) is 14.3 Å². The third-order valence-corrected chi connectivity index (χ3v) is 8.67. The van der Waals surface area contributed by atoms with Crippen LogP contribution in [0.1, 0.15) is 27.2 Å². The Labute approximate surface area is 121 Å². The largest absolute Gasteiger partial charge is 0.478 e. The zero-order valence-electron chi connectivity index (χ0n) is 13.0. The number of aliphatic hydroxyl groups is 1. The molecule has 116 valence electrons. The molecule has 0 bridgehead atoms. The van der Waals surface area contributed by atoms with Crippen LogP contribution in [0.4, 0.5) is 0 Å². The molecule has 20 heavy (non-hydrogen) atoms. The summed E-state index contributed by atoms with van der Waals surface area (Å²) < 4.78 is 11.4. The lowest BCUT2D eigenvalue weighted by molar-refractivity contribution is -0.133. The smallest absolute Gasteiger partial charge is 0.331 e. The van der Waals surface area contributed by atoms with Crippen LogP contribution in [-0.4, -0.2) is 49.4 Å². The monoisotopic (exact) mass is 302 g/mol. The first-order valence-corrected chi connectivity index (χ1v) is 9.75. The van der Waals surface area contributed by atoms with Crippen molar-refractivity contribution in [3.8, 4) is 0 Å². The van der Waals surface area contributed by atoms with Gasteiger partial charge in [0.1, 0.15) is 12.2 Å². The lowest BCUT2D eigenvalue weighted by Crippen LogP contribution is -2.42. The van der Waals surface area contributed by atoms with Gasteiger partial charge in [-0.25, -0.2) is 4.79 Å². The Bertz CT molecular complexity index is 386. The minimum Gasteiger partial charge on any atom is -0.478 e. The summed E-state index contributed by atoms with van der Waals surface area (Å²) in [4.78, 5) is 10.7. The third-order valence-electron chi connectivity index (χ3n) is 4.17. The van der Waals surface area contributed by atoms with Crippen LogP contribution >= 0.6 is 0 Å². The Morgan fingerprint density at radius 2 is 2.00 bits per heavy atom. The highest BCUT2D eigenvalue weighted by molar-refractivity contribution is 6.74. The number of rotatable bonds is 7. The first-order valence-electron chi connectivity index (χ1n) is 6.84. The van der Waals surface area contributed by atoms with Gasteiger partial charge in [-0.05, 0) is 18.1 Å². The van der Waals surface area contributed by atoms with Crippen LogP contribution in [0.2, 0.25) is 18.1 Å². The van der Waals surface area contributed by atoms with Crippen LogP contribution in [0.5, 0.6) is 0 Å². The predicted molar refractivity (Wildman–Crippen MR) is 79.2 cm³/mol. The van der Waals surface area contributed by atoms with Crippen molar-refractivity contribution in [2.45, 2.75) is 63.6 Å². The van der Waals surface area contributed by atoms with Crippen molar-refractivity contribution in [2.75, 3.05) is 6.61 Å². The topological polar surface area (TPSA) is 79.3 Å². The highest BCUT2D eigenvalue weighted by Gasteiger charge is 2.47. The second-order valence-corrected chi connectivity index (χ2v) is 11.7.